The number of aromatic nitrogens is 3. The number of nitrogens with one attached hydrogen (secondary N) is 1. The summed E-state index contributed by atoms with van der Waals surface area (Å²) >= 11 is 1.42. The summed E-state index contributed by atoms with van der Waals surface area (Å²) in [7, 11) is 0. The first-order valence-corrected chi connectivity index (χ1v) is 9.98. The Morgan fingerprint density at radius 3 is 2.96 bits per heavy atom. The fourth-order valence-corrected chi connectivity index (χ4v) is 4.25. The van der Waals surface area contributed by atoms with Gasteiger partial charge in [-0.25, -0.2) is 0 Å². The lowest BCUT2D eigenvalue weighted by atomic mass is 9.78. The van der Waals surface area contributed by atoms with Crippen molar-refractivity contribution in [1.82, 2.24) is 20.1 Å². The highest BCUT2D eigenvalue weighted by Gasteiger charge is 2.28. The largest absolute Gasteiger partial charge is 0.461 e. The van der Waals surface area contributed by atoms with Crippen LogP contribution in [0.15, 0.2) is 28.0 Å². The summed E-state index contributed by atoms with van der Waals surface area (Å²) in [6.45, 7) is 7.28. The third kappa shape index (κ3) is 4.08. The van der Waals surface area contributed by atoms with Gasteiger partial charge < -0.3 is 9.73 Å². The van der Waals surface area contributed by atoms with Crippen molar-refractivity contribution in [3.8, 4) is 11.6 Å². The Labute approximate surface area is 152 Å². The molecule has 0 aliphatic heterocycles. The second kappa shape index (κ2) is 8.08. The van der Waals surface area contributed by atoms with Crippen molar-refractivity contribution in [3.05, 3.63) is 18.4 Å². The van der Waals surface area contributed by atoms with Gasteiger partial charge >= 0.3 is 0 Å². The van der Waals surface area contributed by atoms with Gasteiger partial charge in [-0.15, -0.1) is 10.2 Å². The van der Waals surface area contributed by atoms with E-state index in [1.54, 1.807) is 6.26 Å². The van der Waals surface area contributed by atoms with Crippen molar-refractivity contribution < 1.29 is 9.21 Å². The number of hydrogen-bond donors (Lipinski definition) is 1. The van der Waals surface area contributed by atoms with Crippen molar-refractivity contribution in [1.29, 1.82) is 0 Å². The average Bonchev–Trinajstić information content (AvgIpc) is 3.25. The molecule has 0 spiro atoms. The van der Waals surface area contributed by atoms with E-state index >= 15 is 0 Å². The Hall–Kier alpha value is -1.76. The molecule has 1 amide bonds. The van der Waals surface area contributed by atoms with Crippen molar-refractivity contribution in [2.24, 2.45) is 11.8 Å². The molecule has 3 atom stereocenters. The van der Waals surface area contributed by atoms with Gasteiger partial charge in [-0.3, -0.25) is 9.36 Å². The van der Waals surface area contributed by atoms with Crippen LogP contribution in [0.3, 0.4) is 0 Å². The zero-order valence-electron chi connectivity index (χ0n) is 15.1. The third-order valence-corrected chi connectivity index (χ3v) is 6.13. The molecule has 1 aliphatic carbocycles. The van der Waals surface area contributed by atoms with Crippen LogP contribution in [0.2, 0.25) is 0 Å². The van der Waals surface area contributed by atoms with Gasteiger partial charge in [0.2, 0.25) is 5.91 Å². The average molecular weight is 362 g/mol. The maximum absolute atomic E-state index is 12.4. The molecule has 1 saturated carbocycles. The van der Waals surface area contributed by atoms with Crippen LogP contribution < -0.4 is 5.32 Å². The smallest absolute Gasteiger partial charge is 0.230 e. The fraction of sp³-hybridized carbons (Fsp3) is 0.611. The van der Waals surface area contributed by atoms with Crippen LogP contribution >= 0.6 is 11.8 Å². The molecule has 7 heteroatoms. The molecule has 2 heterocycles. The number of thioether (sulfide) groups is 1. The van der Waals surface area contributed by atoms with E-state index in [1.165, 1.54) is 24.6 Å². The van der Waals surface area contributed by atoms with Crippen molar-refractivity contribution in [3.63, 3.8) is 0 Å². The predicted molar refractivity (Wildman–Crippen MR) is 98.2 cm³/mol. The minimum Gasteiger partial charge on any atom is -0.461 e. The summed E-state index contributed by atoms with van der Waals surface area (Å²) in [5, 5.41) is 12.4. The van der Waals surface area contributed by atoms with E-state index in [1.807, 2.05) is 23.6 Å². The Morgan fingerprint density at radius 1 is 1.40 bits per heavy atom. The molecule has 0 bridgehead atoms. The molecule has 0 aromatic carbocycles. The first kappa shape index (κ1) is 18.0. The highest BCUT2D eigenvalue weighted by molar-refractivity contribution is 7.99. The lowest BCUT2D eigenvalue weighted by Crippen LogP contribution is -2.44. The van der Waals surface area contributed by atoms with Crippen molar-refractivity contribution in [2.75, 3.05) is 5.75 Å². The highest BCUT2D eigenvalue weighted by Crippen LogP contribution is 2.30. The van der Waals surface area contributed by atoms with E-state index in [-0.39, 0.29) is 5.91 Å². The molecule has 0 unspecified atom stereocenters. The first-order chi connectivity index (χ1) is 12.1. The molecule has 2 aromatic heterocycles. The maximum Gasteiger partial charge on any atom is 0.230 e. The van der Waals surface area contributed by atoms with Crippen LogP contribution in [-0.4, -0.2) is 32.5 Å². The molecule has 1 aliphatic rings. The molecule has 3 rings (SSSR count). The Kier molecular flexibility index (Phi) is 5.83. The number of rotatable bonds is 6. The molecule has 136 valence electrons. The van der Waals surface area contributed by atoms with Crippen LogP contribution in [0.4, 0.5) is 0 Å². The standard InChI is InChI=1S/C18H26N4O2S/c1-4-22-17(15-9-6-10-24-15)20-21-18(22)25-11-16(23)19-14-8-5-7-12(2)13(14)3/h6,9-10,12-14H,4-5,7-8,11H2,1-3H3,(H,19,23)/t12-,13+,14+/m1/s1. The van der Waals surface area contributed by atoms with E-state index in [0.717, 1.165) is 18.1 Å². The first-order valence-electron chi connectivity index (χ1n) is 8.99. The zero-order valence-corrected chi connectivity index (χ0v) is 15.9. The number of nitrogens with zero attached hydrogens (tertiary/aromatic N) is 3. The van der Waals surface area contributed by atoms with Crippen LogP contribution in [0.1, 0.15) is 40.0 Å². The number of furan rings is 1. The SMILES string of the molecule is CCn1c(SCC(=O)N[C@H]2CCC[C@@H](C)[C@@H]2C)nnc1-c1ccco1. The van der Waals surface area contributed by atoms with Crippen molar-refractivity contribution >= 4 is 17.7 Å². The van der Waals surface area contributed by atoms with Crippen LogP contribution in [0.25, 0.3) is 11.6 Å². The normalized spacial score (nSPS) is 23.6. The summed E-state index contributed by atoms with van der Waals surface area (Å²) < 4.78 is 7.39. The lowest BCUT2D eigenvalue weighted by molar-refractivity contribution is -0.120. The van der Waals surface area contributed by atoms with E-state index in [0.29, 0.717) is 35.2 Å². The monoisotopic (exact) mass is 362 g/mol. The summed E-state index contributed by atoms with van der Waals surface area (Å²) in [6, 6.07) is 3.99. The minimum atomic E-state index is 0.0705. The van der Waals surface area contributed by atoms with Gasteiger partial charge in [0, 0.05) is 12.6 Å². The molecular formula is C18H26N4O2S. The summed E-state index contributed by atoms with van der Waals surface area (Å²) in [5.74, 6) is 3.02. The van der Waals surface area contributed by atoms with Gasteiger partial charge in [-0.2, -0.15) is 0 Å². The quantitative estimate of drug-likeness (QED) is 0.795. The lowest BCUT2D eigenvalue weighted by Gasteiger charge is -2.34. The zero-order chi connectivity index (χ0) is 17.8. The molecule has 0 saturated heterocycles. The second-order valence-corrected chi connectivity index (χ2v) is 7.70. The molecule has 0 radical (unpaired) electrons. The topological polar surface area (TPSA) is 73.0 Å². The minimum absolute atomic E-state index is 0.0705. The molecule has 2 aromatic rings. The van der Waals surface area contributed by atoms with E-state index in [9.17, 15) is 4.79 Å². The molecule has 1 N–H and O–H groups in total. The Bertz CT molecular complexity index is 698. The highest BCUT2D eigenvalue weighted by atomic mass is 32.2. The van der Waals surface area contributed by atoms with E-state index in [2.05, 4.69) is 29.4 Å². The summed E-state index contributed by atoms with van der Waals surface area (Å²) in [6.07, 6.45) is 5.16. The predicted octanol–water partition coefficient (Wildman–Crippen LogP) is 3.59. The van der Waals surface area contributed by atoms with Crippen molar-refractivity contribution in [2.45, 2.75) is 57.8 Å². The summed E-state index contributed by atoms with van der Waals surface area (Å²) in [4.78, 5) is 12.4. The van der Waals surface area contributed by atoms with Crippen LogP contribution in [0.5, 0.6) is 0 Å². The fourth-order valence-electron chi connectivity index (χ4n) is 3.43. The van der Waals surface area contributed by atoms with Crippen LogP contribution in [-0.2, 0) is 11.3 Å². The van der Waals surface area contributed by atoms with E-state index < -0.39 is 0 Å². The number of carbonyl (C=O) groups excluding carboxylic acids is 1. The van der Waals surface area contributed by atoms with Gasteiger partial charge in [0.1, 0.15) is 0 Å². The van der Waals surface area contributed by atoms with Gasteiger partial charge in [0.05, 0.1) is 12.0 Å². The van der Waals surface area contributed by atoms with Gasteiger partial charge in [-0.05, 0) is 37.3 Å². The number of hydrogen-bond acceptors (Lipinski definition) is 5. The second-order valence-electron chi connectivity index (χ2n) is 6.76. The molecular weight excluding hydrogens is 336 g/mol. The Morgan fingerprint density at radius 2 is 2.24 bits per heavy atom. The van der Waals surface area contributed by atoms with Crippen LogP contribution in [0, 0.1) is 11.8 Å². The third-order valence-electron chi connectivity index (χ3n) is 5.16. The maximum atomic E-state index is 12.4. The molecule has 1 fully saturated rings. The van der Waals surface area contributed by atoms with Gasteiger partial charge in [0.15, 0.2) is 16.7 Å². The summed E-state index contributed by atoms with van der Waals surface area (Å²) in [5.41, 5.74) is 0. The van der Waals surface area contributed by atoms with Gasteiger partial charge in [0.25, 0.3) is 0 Å². The van der Waals surface area contributed by atoms with E-state index in [4.69, 9.17) is 4.42 Å². The molecule has 25 heavy (non-hydrogen) atoms. The number of amides is 1. The van der Waals surface area contributed by atoms with Gasteiger partial charge in [-0.1, -0.05) is 38.5 Å². The Balaban J connectivity index is 1.59. The number of carbonyl (C=O) groups is 1. The molecule has 6 nitrogen and oxygen atoms in total.